The number of anilines is 1. The molecule has 0 saturated carbocycles. The van der Waals surface area contributed by atoms with Gasteiger partial charge in [0.1, 0.15) is 5.75 Å². The molecule has 0 aliphatic carbocycles. The summed E-state index contributed by atoms with van der Waals surface area (Å²) in [6.45, 7) is 0.428. The van der Waals surface area contributed by atoms with Crippen LogP contribution in [0.1, 0.15) is 21.7 Å². The first-order chi connectivity index (χ1) is 19.3. The molecule has 0 radical (unpaired) electrons. The fraction of sp³-hybridized carbons (Fsp3) is 0.103. The Morgan fingerprint density at radius 3 is 2.60 bits per heavy atom. The average Bonchev–Trinajstić information content (AvgIpc) is 3.58. The number of halogens is 3. The normalized spacial score (nSPS) is 11.7. The van der Waals surface area contributed by atoms with Crippen molar-refractivity contribution >= 4 is 28.0 Å². The lowest BCUT2D eigenvalue weighted by Crippen LogP contribution is -2.15. The van der Waals surface area contributed by atoms with Gasteiger partial charge >= 0.3 is 6.18 Å². The number of benzene rings is 3. The van der Waals surface area contributed by atoms with Gasteiger partial charge in [-0.1, -0.05) is 48.5 Å². The topological polar surface area (TPSA) is 86.3 Å². The molecular weight excluding hydrogens is 521 g/mol. The van der Waals surface area contributed by atoms with E-state index in [1.807, 2.05) is 54.6 Å². The van der Waals surface area contributed by atoms with Crippen LogP contribution in [0.2, 0.25) is 0 Å². The second-order valence-corrected chi connectivity index (χ2v) is 9.12. The number of carbonyl (C=O) groups excluding carboxylic acids is 1. The Hall–Kier alpha value is -5.19. The Labute approximate surface area is 225 Å². The zero-order valence-corrected chi connectivity index (χ0v) is 21.1. The van der Waals surface area contributed by atoms with E-state index >= 15 is 0 Å². The summed E-state index contributed by atoms with van der Waals surface area (Å²) in [4.78, 5) is 17.3. The van der Waals surface area contributed by atoms with Crippen molar-refractivity contribution in [3.63, 3.8) is 0 Å². The standard InChI is InChI=1S/C29H21F3N6O2/c1-40-23-8-4-5-18(11-23)16-37-17-22(15-33-37)34-28(39)25-14-27-35-24(13-26(29(30,31)32)38(27)36-25)21-10-9-19-6-2-3-7-20(19)12-21/h2-15,17H,16H2,1H3,(H,34,39). The van der Waals surface area contributed by atoms with Gasteiger partial charge in [-0.15, -0.1) is 0 Å². The van der Waals surface area contributed by atoms with Crippen LogP contribution in [0, 0.1) is 0 Å². The maximum atomic E-state index is 14.0. The highest BCUT2D eigenvalue weighted by Crippen LogP contribution is 2.33. The van der Waals surface area contributed by atoms with Crippen molar-refractivity contribution in [2.45, 2.75) is 12.7 Å². The zero-order valence-electron chi connectivity index (χ0n) is 21.1. The lowest BCUT2D eigenvalue weighted by molar-refractivity contribution is -0.142. The van der Waals surface area contributed by atoms with E-state index in [9.17, 15) is 18.0 Å². The van der Waals surface area contributed by atoms with E-state index in [-0.39, 0.29) is 17.0 Å². The minimum atomic E-state index is -4.73. The lowest BCUT2D eigenvalue weighted by atomic mass is 10.0. The van der Waals surface area contributed by atoms with Crippen molar-refractivity contribution in [1.82, 2.24) is 24.4 Å². The highest BCUT2D eigenvalue weighted by molar-refractivity contribution is 6.03. The van der Waals surface area contributed by atoms with Crippen LogP contribution in [-0.2, 0) is 12.7 Å². The molecule has 1 amide bonds. The number of hydrogen-bond donors (Lipinski definition) is 1. The molecule has 200 valence electrons. The highest BCUT2D eigenvalue weighted by Gasteiger charge is 2.35. The Balaban J connectivity index is 1.29. The molecule has 6 aromatic rings. The van der Waals surface area contributed by atoms with Crippen molar-refractivity contribution in [3.8, 4) is 17.0 Å². The van der Waals surface area contributed by atoms with Gasteiger partial charge in [0.05, 0.1) is 31.2 Å². The number of hydrogen-bond acceptors (Lipinski definition) is 5. The van der Waals surface area contributed by atoms with Gasteiger partial charge in [-0.25, -0.2) is 9.50 Å². The van der Waals surface area contributed by atoms with Crippen LogP contribution in [0.3, 0.4) is 0 Å². The van der Waals surface area contributed by atoms with Crippen LogP contribution in [0.4, 0.5) is 18.9 Å². The minimum absolute atomic E-state index is 0.100. The van der Waals surface area contributed by atoms with Crippen LogP contribution < -0.4 is 10.1 Å². The molecule has 0 spiro atoms. The number of carbonyl (C=O) groups is 1. The minimum Gasteiger partial charge on any atom is -0.497 e. The third-order valence-corrected chi connectivity index (χ3v) is 6.37. The highest BCUT2D eigenvalue weighted by atomic mass is 19.4. The molecule has 11 heteroatoms. The molecule has 0 saturated heterocycles. The zero-order chi connectivity index (χ0) is 27.9. The monoisotopic (exact) mass is 542 g/mol. The van der Waals surface area contributed by atoms with E-state index in [2.05, 4.69) is 20.5 Å². The summed E-state index contributed by atoms with van der Waals surface area (Å²) in [6, 6.07) is 22.5. The van der Waals surface area contributed by atoms with Crippen molar-refractivity contribution in [3.05, 3.63) is 108 Å². The third-order valence-electron chi connectivity index (χ3n) is 6.37. The quantitative estimate of drug-likeness (QED) is 0.276. The van der Waals surface area contributed by atoms with Gasteiger partial charge in [0.15, 0.2) is 17.0 Å². The molecule has 0 aliphatic rings. The summed E-state index contributed by atoms with van der Waals surface area (Å²) in [5, 5.41) is 12.6. The van der Waals surface area contributed by atoms with Gasteiger partial charge in [-0.2, -0.15) is 23.4 Å². The smallest absolute Gasteiger partial charge is 0.433 e. The van der Waals surface area contributed by atoms with Gasteiger partial charge in [-0.05, 0) is 40.6 Å². The molecule has 3 heterocycles. The average molecular weight is 543 g/mol. The number of nitrogens with zero attached hydrogens (tertiary/aromatic N) is 5. The van der Waals surface area contributed by atoms with Gasteiger partial charge in [0, 0.05) is 17.8 Å². The summed E-state index contributed by atoms with van der Waals surface area (Å²) < 4.78 is 49.6. The van der Waals surface area contributed by atoms with Gasteiger partial charge in [-0.3, -0.25) is 9.48 Å². The maximum absolute atomic E-state index is 14.0. The van der Waals surface area contributed by atoms with E-state index in [0.717, 1.165) is 22.4 Å². The summed E-state index contributed by atoms with van der Waals surface area (Å²) in [7, 11) is 1.58. The SMILES string of the molecule is COc1cccc(Cn2cc(NC(=O)c3cc4nc(-c5ccc6ccccc6c5)cc(C(F)(F)F)n4n3)cn2)c1. The molecule has 40 heavy (non-hydrogen) atoms. The van der Waals surface area contributed by atoms with E-state index in [1.165, 1.54) is 12.3 Å². The number of rotatable bonds is 6. The molecule has 0 unspecified atom stereocenters. The summed E-state index contributed by atoms with van der Waals surface area (Å²) in [6.07, 6.45) is -1.66. The molecular formula is C29H21F3N6O2. The number of aromatic nitrogens is 5. The van der Waals surface area contributed by atoms with E-state index in [0.29, 0.717) is 28.1 Å². The fourth-order valence-electron chi connectivity index (χ4n) is 4.45. The van der Waals surface area contributed by atoms with E-state index < -0.39 is 17.8 Å². The van der Waals surface area contributed by atoms with Crippen molar-refractivity contribution in [2.75, 3.05) is 12.4 Å². The Morgan fingerprint density at radius 1 is 0.975 bits per heavy atom. The van der Waals surface area contributed by atoms with Crippen molar-refractivity contribution in [2.24, 2.45) is 0 Å². The largest absolute Gasteiger partial charge is 0.497 e. The molecule has 6 rings (SSSR count). The predicted molar refractivity (Wildman–Crippen MR) is 143 cm³/mol. The van der Waals surface area contributed by atoms with Crippen LogP contribution in [-0.4, -0.2) is 37.4 Å². The first-order valence-electron chi connectivity index (χ1n) is 12.2. The van der Waals surface area contributed by atoms with Gasteiger partial charge in [0.25, 0.3) is 5.91 Å². The van der Waals surface area contributed by atoms with Crippen LogP contribution in [0.25, 0.3) is 27.7 Å². The van der Waals surface area contributed by atoms with E-state index in [4.69, 9.17) is 4.74 Å². The second kappa shape index (κ2) is 9.84. The number of methoxy groups -OCH3 is 1. The number of nitrogens with one attached hydrogen (secondary N) is 1. The summed E-state index contributed by atoms with van der Waals surface area (Å²) in [5.41, 5.74) is 0.593. The second-order valence-electron chi connectivity index (χ2n) is 9.12. The molecule has 8 nitrogen and oxygen atoms in total. The molecule has 0 aliphatic heterocycles. The fourth-order valence-corrected chi connectivity index (χ4v) is 4.45. The number of amides is 1. The first-order valence-corrected chi connectivity index (χ1v) is 12.2. The molecule has 1 N–H and O–H groups in total. The van der Waals surface area contributed by atoms with E-state index in [1.54, 1.807) is 30.1 Å². The predicted octanol–water partition coefficient (Wildman–Crippen LogP) is 6.07. The molecule has 0 bridgehead atoms. The van der Waals surface area contributed by atoms with Crippen LogP contribution >= 0.6 is 0 Å². The Kier molecular flexibility index (Phi) is 6.18. The first kappa shape index (κ1) is 25.1. The number of fused-ring (bicyclic) bond motifs is 2. The van der Waals surface area contributed by atoms with Crippen LogP contribution in [0.5, 0.6) is 5.75 Å². The molecule has 3 aromatic heterocycles. The van der Waals surface area contributed by atoms with Crippen molar-refractivity contribution < 1.29 is 22.7 Å². The Morgan fingerprint density at radius 2 is 1.80 bits per heavy atom. The Bertz CT molecular complexity index is 1880. The lowest BCUT2D eigenvalue weighted by Gasteiger charge is -2.11. The molecule has 0 fully saturated rings. The molecule has 3 aromatic carbocycles. The molecule has 0 atom stereocenters. The summed E-state index contributed by atoms with van der Waals surface area (Å²) >= 11 is 0. The maximum Gasteiger partial charge on any atom is 0.433 e. The number of alkyl halides is 3. The number of ether oxygens (including phenoxy) is 1. The van der Waals surface area contributed by atoms with Crippen LogP contribution in [0.15, 0.2) is 91.3 Å². The van der Waals surface area contributed by atoms with Crippen molar-refractivity contribution in [1.29, 1.82) is 0 Å². The van der Waals surface area contributed by atoms with Gasteiger partial charge < -0.3 is 10.1 Å². The van der Waals surface area contributed by atoms with Gasteiger partial charge in [0.2, 0.25) is 0 Å². The third kappa shape index (κ3) is 4.96. The summed E-state index contributed by atoms with van der Waals surface area (Å²) in [5.74, 6) is 0.0208.